The molecule has 3 aliphatic rings. The summed E-state index contributed by atoms with van der Waals surface area (Å²) in [6.07, 6.45) is 3.21. The molecule has 4 aromatic rings. The van der Waals surface area contributed by atoms with E-state index >= 15 is 0 Å². The Bertz CT molecular complexity index is 1630. The third-order valence-corrected chi connectivity index (χ3v) is 8.90. The first-order valence-corrected chi connectivity index (χ1v) is 14.5. The van der Waals surface area contributed by atoms with E-state index in [1.165, 1.54) is 11.3 Å². The van der Waals surface area contributed by atoms with Crippen molar-refractivity contribution < 1.29 is 14.3 Å². The van der Waals surface area contributed by atoms with Gasteiger partial charge in [-0.2, -0.15) is 0 Å². The molecule has 7 rings (SSSR count). The van der Waals surface area contributed by atoms with Crippen LogP contribution in [-0.2, 0) is 16.8 Å². The summed E-state index contributed by atoms with van der Waals surface area (Å²) < 4.78 is 13.1. The highest BCUT2D eigenvalue weighted by molar-refractivity contribution is 5.97. The van der Waals surface area contributed by atoms with Crippen LogP contribution in [0, 0.1) is 0 Å². The van der Waals surface area contributed by atoms with Crippen molar-refractivity contribution in [3.05, 3.63) is 113 Å². The highest BCUT2D eigenvalue weighted by Gasteiger charge is 2.53. The first-order chi connectivity index (χ1) is 19.5. The molecule has 0 aliphatic carbocycles. The molecule has 2 atom stereocenters. The van der Waals surface area contributed by atoms with Crippen molar-refractivity contribution in [3.8, 4) is 11.5 Å². The van der Waals surface area contributed by atoms with E-state index in [0.29, 0.717) is 11.6 Å². The van der Waals surface area contributed by atoms with Crippen molar-refractivity contribution in [2.45, 2.75) is 51.7 Å². The van der Waals surface area contributed by atoms with Gasteiger partial charge in [-0.25, -0.2) is 4.79 Å². The van der Waals surface area contributed by atoms with Gasteiger partial charge < -0.3 is 19.3 Å². The maximum atomic E-state index is 13.4. The normalized spacial score (nSPS) is 19.2. The minimum absolute atomic E-state index is 0.304. The second kappa shape index (κ2) is 9.44. The van der Waals surface area contributed by atoms with Crippen LogP contribution in [0.4, 0.5) is 17.1 Å². The molecule has 4 aromatic carbocycles. The first-order valence-electron chi connectivity index (χ1n) is 14.5. The Morgan fingerprint density at radius 2 is 1.73 bits per heavy atom. The summed E-state index contributed by atoms with van der Waals surface area (Å²) >= 11 is 0. The number of anilines is 3. The molecule has 2 unspecified atom stereocenters. The Balaban J connectivity index is 1.43. The van der Waals surface area contributed by atoms with E-state index in [-0.39, 0.29) is 5.97 Å². The van der Waals surface area contributed by atoms with E-state index in [9.17, 15) is 4.79 Å². The summed E-state index contributed by atoms with van der Waals surface area (Å²) in [5.74, 6) is 1.14. The van der Waals surface area contributed by atoms with Crippen LogP contribution in [0.5, 0.6) is 11.5 Å². The van der Waals surface area contributed by atoms with Crippen LogP contribution in [0.2, 0.25) is 0 Å². The fourth-order valence-corrected chi connectivity index (χ4v) is 6.77. The predicted octanol–water partition coefficient (Wildman–Crippen LogP) is 7.96. The maximum absolute atomic E-state index is 13.4. The molecular weight excluding hydrogens is 496 g/mol. The molecule has 5 heteroatoms. The molecule has 0 fully saturated rings. The van der Waals surface area contributed by atoms with Crippen LogP contribution < -0.4 is 14.5 Å². The smallest absolute Gasteiger partial charge is 0.340 e. The third-order valence-electron chi connectivity index (χ3n) is 8.90. The topological polar surface area (TPSA) is 42.0 Å². The summed E-state index contributed by atoms with van der Waals surface area (Å²) in [6.45, 7) is 8.46. The molecule has 0 saturated carbocycles. The van der Waals surface area contributed by atoms with E-state index in [2.05, 4.69) is 85.2 Å². The Kier molecular flexibility index (Phi) is 5.85. The van der Waals surface area contributed by atoms with E-state index < -0.39 is 5.60 Å². The number of para-hydroxylation sites is 1. The van der Waals surface area contributed by atoms with Crippen molar-refractivity contribution in [1.82, 2.24) is 0 Å². The third kappa shape index (κ3) is 3.57. The van der Waals surface area contributed by atoms with Gasteiger partial charge in [-0.1, -0.05) is 43.3 Å². The van der Waals surface area contributed by atoms with Gasteiger partial charge in [-0.15, -0.1) is 0 Å². The van der Waals surface area contributed by atoms with E-state index in [1.807, 2.05) is 30.3 Å². The zero-order valence-corrected chi connectivity index (χ0v) is 23.3. The number of hydrogen-bond acceptors (Lipinski definition) is 5. The molecule has 3 aliphatic heterocycles. The zero-order chi connectivity index (χ0) is 27.4. The highest BCUT2D eigenvalue weighted by atomic mass is 16.6. The van der Waals surface area contributed by atoms with Gasteiger partial charge in [-0.3, -0.25) is 0 Å². The average molecular weight is 531 g/mol. The maximum Gasteiger partial charge on any atom is 0.340 e. The molecule has 0 N–H and O–H groups in total. The molecule has 40 heavy (non-hydrogen) atoms. The molecule has 0 saturated heterocycles. The monoisotopic (exact) mass is 530 g/mol. The van der Waals surface area contributed by atoms with Crippen LogP contribution >= 0.6 is 0 Å². The summed E-state index contributed by atoms with van der Waals surface area (Å²) in [6, 6.07) is 29.5. The van der Waals surface area contributed by atoms with Gasteiger partial charge in [-0.05, 0) is 81.1 Å². The number of carbonyl (C=O) groups excluding carboxylic acids is 1. The van der Waals surface area contributed by atoms with Gasteiger partial charge in [0.05, 0.1) is 5.56 Å². The van der Waals surface area contributed by atoms with E-state index in [1.54, 1.807) is 0 Å². The van der Waals surface area contributed by atoms with Gasteiger partial charge in [0.25, 0.3) is 0 Å². The Morgan fingerprint density at radius 1 is 0.900 bits per heavy atom. The lowest BCUT2D eigenvalue weighted by Gasteiger charge is -2.39. The molecule has 5 nitrogen and oxygen atoms in total. The summed E-state index contributed by atoms with van der Waals surface area (Å²) in [5, 5.41) is 0. The lowest BCUT2D eigenvalue weighted by Crippen LogP contribution is -2.35. The van der Waals surface area contributed by atoms with Crippen LogP contribution in [0.1, 0.15) is 66.2 Å². The van der Waals surface area contributed by atoms with Crippen LogP contribution in [-0.4, -0.2) is 25.1 Å². The minimum atomic E-state index is -1.08. The number of carbonyl (C=O) groups is 1. The number of aryl methyl sites for hydroxylation is 1. The molecule has 1 spiro atoms. The Labute approximate surface area is 236 Å². The van der Waals surface area contributed by atoms with Gasteiger partial charge >= 0.3 is 5.97 Å². The van der Waals surface area contributed by atoms with E-state index in [0.717, 1.165) is 71.9 Å². The number of nitrogens with zero attached hydrogens (tertiary/aromatic N) is 2. The van der Waals surface area contributed by atoms with Gasteiger partial charge in [0.1, 0.15) is 11.5 Å². The molecule has 3 heterocycles. The molecule has 0 radical (unpaired) electrons. The second-order valence-corrected chi connectivity index (χ2v) is 11.0. The molecule has 0 amide bonds. The lowest BCUT2D eigenvalue weighted by molar-refractivity contribution is 0.0224. The van der Waals surface area contributed by atoms with Gasteiger partial charge in [0.15, 0.2) is 5.60 Å². The van der Waals surface area contributed by atoms with Crippen molar-refractivity contribution in [3.63, 3.8) is 0 Å². The lowest BCUT2D eigenvalue weighted by atomic mass is 9.77. The number of rotatable bonds is 5. The average Bonchev–Trinajstić information content (AvgIpc) is 3.29. The number of esters is 1. The van der Waals surface area contributed by atoms with Gasteiger partial charge in [0, 0.05) is 59.0 Å². The number of ether oxygens (including phenoxy) is 2. The van der Waals surface area contributed by atoms with Crippen LogP contribution in [0.25, 0.3) is 0 Å². The second-order valence-electron chi connectivity index (χ2n) is 11.0. The Morgan fingerprint density at radius 3 is 2.58 bits per heavy atom. The first kappa shape index (κ1) is 24.8. The van der Waals surface area contributed by atoms with Gasteiger partial charge in [0.2, 0.25) is 0 Å². The largest absolute Gasteiger partial charge is 0.456 e. The predicted molar refractivity (Wildman–Crippen MR) is 159 cm³/mol. The number of fused-ring (bicyclic) bond motifs is 7. The fourth-order valence-electron chi connectivity index (χ4n) is 6.77. The zero-order valence-electron chi connectivity index (χ0n) is 23.3. The van der Waals surface area contributed by atoms with Crippen molar-refractivity contribution in [1.29, 1.82) is 0 Å². The molecule has 0 bridgehead atoms. The van der Waals surface area contributed by atoms with E-state index in [4.69, 9.17) is 9.47 Å². The summed E-state index contributed by atoms with van der Waals surface area (Å²) in [7, 11) is 0. The SMILES string of the molecule is CCC(C)N(CC)c1ccc2c(c1)Oc1ccc(N3CCCc4ccccc43)cc1C21OC(=O)c2ccccc21. The quantitative estimate of drug-likeness (QED) is 0.245. The number of hydrogen-bond donors (Lipinski definition) is 0. The highest BCUT2D eigenvalue weighted by Crippen LogP contribution is 2.57. The van der Waals surface area contributed by atoms with Crippen LogP contribution in [0.3, 0.4) is 0 Å². The fraction of sp³-hybridized carbons (Fsp3) is 0.286. The molecule has 202 valence electrons. The molecule has 0 aromatic heterocycles. The summed E-state index contributed by atoms with van der Waals surface area (Å²) in [5.41, 5.74) is 6.88. The Hall–Kier alpha value is -4.25. The summed E-state index contributed by atoms with van der Waals surface area (Å²) in [4.78, 5) is 18.1. The van der Waals surface area contributed by atoms with Crippen molar-refractivity contribution >= 4 is 23.0 Å². The van der Waals surface area contributed by atoms with Crippen molar-refractivity contribution in [2.24, 2.45) is 0 Å². The standard InChI is InChI=1S/C35H34N2O3/c1-4-23(3)36(5-2)26-16-18-29-33(22-26)39-32-19-17-25(37-20-10-12-24-11-6-9-15-31(24)37)21-30(32)35(29)28-14-8-7-13-27(28)34(38)40-35/h6-9,11,13-19,21-23H,4-5,10,12,20H2,1-3H3. The molecular formula is C35H34N2O3. The van der Waals surface area contributed by atoms with Crippen LogP contribution in [0.15, 0.2) is 84.9 Å². The number of benzene rings is 4. The minimum Gasteiger partial charge on any atom is -0.456 e. The van der Waals surface area contributed by atoms with Crippen molar-refractivity contribution in [2.75, 3.05) is 22.9 Å².